The molecule has 2 aromatic rings. The Bertz CT molecular complexity index is 682. The molecule has 0 saturated carbocycles. The van der Waals surface area contributed by atoms with Crippen LogP contribution in [0.4, 0.5) is 5.82 Å². The van der Waals surface area contributed by atoms with Gasteiger partial charge < -0.3 is 10.1 Å². The molecule has 1 unspecified atom stereocenters. The normalized spacial score (nSPS) is 15.8. The summed E-state index contributed by atoms with van der Waals surface area (Å²) in [5.41, 5.74) is 4.06. The number of anilines is 1. The number of carbonyl (C=O) groups excluding carboxylic acids is 1. The first-order valence-electron chi connectivity index (χ1n) is 7.06. The maximum absolute atomic E-state index is 11.5. The second-order valence-corrected chi connectivity index (χ2v) is 5.30. The fourth-order valence-corrected chi connectivity index (χ4v) is 2.76. The molecule has 1 heterocycles. The summed E-state index contributed by atoms with van der Waals surface area (Å²) in [5.74, 6) is 0.993. The van der Waals surface area contributed by atoms with E-state index in [1.165, 1.54) is 18.2 Å². The molecule has 1 aliphatic rings. The summed E-state index contributed by atoms with van der Waals surface area (Å²) in [7, 11) is 1.38. The Kier molecular flexibility index (Phi) is 3.60. The standard InChI is InChI=1S/C17H18N2O2/c1-11-14(17(20)21-2)7-8-16(19-11)18-10-13-9-12-5-3-4-6-15(12)13/h3-8,13H,9-10H2,1-2H3,(H,18,19). The summed E-state index contributed by atoms with van der Waals surface area (Å²) in [6.07, 6.45) is 1.11. The Morgan fingerprint density at radius 2 is 2.14 bits per heavy atom. The van der Waals surface area contributed by atoms with Crippen molar-refractivity contribution in [3.8, 4) is 0 Å². The zero-order valence-electron chi connectivity index (χ0n) is 12.2. The smallest absolute Gasteiger partial charge is 0.339 e. The van der Waals surface area contributed by atoms with E-state index in [9.17, 15) is 4.79 Å². The lowest BCUT2D eigenvalue weighted by Crippen LogP contribution is -2.24. The Morgan fingerprint density at radius 1 is 1.33 bits per heavy atom. The SMILES string of the molecule is COC(=O)c1ccc(NCC2Cc3ccccc32)nc1C. The summed E-state index contributed by atoms with van der Waals surface area (Å²) in [6, 6.07) is 12.1. The van der Waals surface area contributed by atoms with Crippen LogP contribution in [-0.4, -0.2) is 24.6 Å². The Labute approximate surface area is 124 Å². The first-order valence-corrected chi connectivity index (χ1v) is 7.06. The average Bonchev–Trinajstić information content (AvgIpc) is 2.47. The van der Waals surface area contributed by atoms with Crippen molar-refractivity contribution in [2.24, 2.45) is 0 Å². The van der Waals surface area contributed by atoms with E-state index in [-0.39, 0.29) is 5.97 Å². The van der Waals surface area contributed by atoms with E-state index in [0.29, 0.717) is 17.2 Å². The molecule has 0 radical (unpaired) electrons. The van der Waals surface area contributed by atoms with Gasteiger partial charge in [-0.1, -0.05) is 24.3 Å². The maximum atomic E-state index is 11.5. The van der Waals surface area contributed by atoms with Crippen LogP contribution in [-0.2, 0) is 11.2 Å². The van der Waals surface area contributed by atoms with E-state index in [1.807, 2.05) is 13.0 Å². The molecule has 21 heavy (non-hydrogen) atoms. The van der Waals surface area contributed by atoms with Crippen LogP contribution in [0.15, 0.2) is 36.4 Å². The molecule has 3 rings (SSSR count). The predicted molar refractivity (Wildman–Crippen MR) is 81.7 cm³/mol. The second-order valence-electron chi connectivity index (χ2n) is 5.30. The van der Waals surface area contributed by atoms with Crippen molar-refractivity contribution in [2.45, 2.75) is 19.3 Å². The lowest BCUT2D eigenvalue weighted by atomic mass is 9.77. The quantitative estimate of drug-likeness (QED) is 0.876. The number of fused-ring (bicyclic) bond motifs is 1. The number of hydrogen-bond acceptors (Lipinski definition) is 4. The third kappa shape index (κ3) is 2.61. The molecule has 1 aliphatic carbocycles. The number of hydrogen-bond donors (Lipinski definition) is 1. The van der Waals surface area contributed by atoms with Crippen LogP contribution in [0.3, 0.4) is 0 Å². The number of esters is 1. The van der Waals surface area contributed by atoms with Crippen molar-refractivity contribution in [2.75, 3.05) is 19.0 Å². The largest absolute Gasteiger partial charge is 0.465 e. The van der Waals surface area contributed by atoms with E-state index in [4.69, 9.17) is 4.74 Å². The Balaban J connectivity index is 1.65. The molecule has 0 spiro atoms. The van der Waals surface area contributed by atoms with Crippen molar-refractivity contribution < 1.29 is 9.53 Å². The first-order chi connectivity index (χ1) is 10.2. The molecule has 4 nitrogen and oxygen atoms in total. The molecule has 108 valence electrons. The van der Waals surface area contributed by atoms with E-state index in [1.54, 1.807) is 6.07 Å². The number of carbonyl (C=O) groups is 1. The summed E-state index contributed by atoms with van der Waals surface area (Å²) >= 11 is 0. The maximum Gasteiger partial charge on any atom is 0.339 e. The van der Waals surface area contributed by atoms with Crippen LogP contribution >= 0.6 is 0 Å². The van der Waals surface area contributed by atoms with Crippen molar-refractivity contribution in [3.05, 3.63) is 58.8 Å². The minimum Gasteiger partial charge on any atom is -0.465 e. The number of nitrogens with one attached hydrogen (secondary N) is 1. The van der Waals surface area contributed by atoms with Gasteiger partial charge in [0.1, 0.15) is 5.82 Å². The molecule has 1 atom stereocenters. The number of benzene rings is 1. The zero-order chi connectivity index (χ0) is 14.8. The Hall–Kier alpha value is -2.36. The molecule has 1 aromatic carbocycles. The van der Waals surface area contributed by atoms with E-state index >= 15 is 0 Å². The van der Waals surface area contributed by atoms with Gasteiger partial charge in [-0.15, -0.1) is 0 Å². The highest BCUT2D eigenvalue weighted by molar-refractivity contribution is 5.90. The van der Waals surface area contributed by atoms with Crippen molar-refractivity contribution in [1.29, 1.82) is 0 Å². The van der Waals surface area contributed by atoms with Crippen LogP contribution < -0.4 is 5.32 Å². The highest BCUT2D eigenvalue weighted by Crippen LogP contribution is 2.34. The summed E-state index contributed by atoms with van der Waals surface area (Å²) in [4.78, 5) is 15.9. The van der Waals surface area contributed by atoms with E-state index in [0.717, 1.165) is 18.8 Å². The average molecular weight is 282 g/mol. The number of aromatic nitrogens is 1. The Morgan fingerprint density at radius 3 is 2.86 bits per heavy atom. The lowest BCUT2D eigenvalue weighted by molar-refractivity contribution is 0.0599. The molecule has 0 amide bonds. The molecule has 0 fully saturated rings. The molecular formula is C17H18N2O2. The van der Waals surface area contributed by atoms with Crippen LogP contribution in [0.5, 0.6) is 0 Å². The molecule has 0 aliphatic heterocycles. The van der Waals surface area contributed by atoms with Gasteiger partial charge in [0.05, 0.1) is 18.4 Å². The molecular weight excluding hydrogens is 264 g/mol. The van der Waals surface area contributed by atoms with Gasteiger partial charge in [-0.05, 0) is 36.6 Å². The molecule has 1 aromatic heterocycles. The number of nitrogens with zero attached hydrogens (tertiary/aromatic N) is 1. The number of aryl methyl sites for hydroxylation is 1. The second kappa shape index (κ2) is 5.56. The van der Waals surface area contributed by atoms with Gasteiger partial charge in [-0.25, -0.2) is 9.78 Å². The minimum absolute atomic E-state index is 0.348. The monoisotopic (exact) mass is 282 g/mol. The van der Waals surface area contributed by atoms with Crippen molar-refractivity contribution >= 4 is 11.8 Å². The molecule has 0 bridgehead atoms. The van der Waals surface area contributed by atoms with Gasteiger partial charge in [0.2, 0.25) is 0 Å². The van der Waals surface area contributed by atoms with Gasteiger partial charge in [0.15, 0.2) is 0 Å². The van der Waals surface area contributed by atoms with Crippen molar-refractivity contribution in [3.63, 3.8) is 0 Å². The number of rotatable bonds is 4. The highest BCUT2D eigenvalue weighted by Gasteiger charge is 2.25. The zero-order valence-corrected chi connectivity index (χ0v) is 12.2. The number of ether oxygens (including phenoxy) is 1. The summed E-state index contributed by atoms with van der Waals surface area (Å²) < 4.78 is 4.72. The number of methoxy groups -OCH3 is 1. The predicted octanol–water partition coefficient (Wildman–Crippen LogP) is 2.93. The fraction of sp³-hybridized carbons (Fsp3) is 0.294. The van der Waals surface area contributed by atoms with Gasteiger partial charge in [0, 0.05) is 12.5 Å². The van der Waals surface area contributed by atoms with Crippen LogP contribution in [0, 0.1) is 6.92 Å². The fourth-order valence-electron chi connectivity index (χ4n) is 2.76. The summed E-state index contributed by atoms with van der Waals surface area (Å²) in [5, 5.41) is 3.35. The van der Waals surface area contributed by atoms with E-state index < -0.39 is 0 Å². The molecule has 1 N–H and O–H groups in total. The first kappa shape index (κ1) is 13.6. The third-order valence-electron chi connectivity index (χ3n) is 3.98. The third-order valence-corrected chi connectivity index (χ3v) is 3.98. The molecule has 4 heteroatoms. The minimum atomic E-state index is -0.348. The van der Waals surface area contributed by atoms with Gasteiger partial charge in [0.25, 0.3) is 0 Å². The van der Waals surface area contributed by atoms with Crippen molar-refractivity contribution in [1.82, 2.24) is 4.98 Å². The van der Waals surface area contributed by atoms with E-state index in [2.05, 4.69) is 34.6 Å². The lowest BCUT2D eigenvalue weighted by Gasteiger charge is -2.30. The highest BCUT2D eigenvalue weighted by atomic mass is 16.5. The van der Waals surface area contributed by atoms with Crippen LogP contribution in [0.2, 0.25) is 0 Å². The van der Waals surface area contributed by atoms with Gasteiger partial charge in [-0.2, -0.15) is 0 Å². The van der Waals surface area contributed by atoms with Crippen LogP contribution in [0.1, 0.15) is 33.1 Å². The summed E-state index contributed by atoms with van der Waals surface area (Å²) in [6.45, 7) is 2.68. The van der Waals surface area contributed by atoms with Gasteiger partial charge >= 0.3 is 5.97 Å². The van der Waals surface area contributed by atoms with Gasteiger partial charge in [-0.3, -0.25) is 0 Å². The molecule has 0 saturated heterocycles. The topological polar surface area (TPSA) is 51.2 Å². The number of pyridine rings is 1. The van der Waals surface area contributed by atoms with Crippen LogP contribution in [0.25, 0.3) is 0 Å².